The molecule has 0 saturated carbocycles. The summed E-state index contributed by atoms with van der Waals surface area (Å²) in [6.45, 7) is 6.53. The van der Waals surface area contributed by atoms with Gasteiger partial charge in [0.25, 0.3) is 5.56 Å². The number of nitrogens with zero attached hydrogens (tertiary/aromatic N) is 4. The van der Waals surface area contributed by atoms with E-state index in [9.17, 15) is 9.59 Å². The Morgan fingerprint density at radius 1 is 1.22 bits per heavy atom. The van der Waals surface area contributed by atoms with Gasteiger partial charge >= 0.3 is 0 Å². The molecule has 1 aliphatic heterocycles. The summed E-state index contributed by atoms with van der Waals surface area (Å²) >= 11 is 0. The van der Waals surface area contributed by atoms with Gasteiger partial charge in [-0.3, -0.25) is 14.2 Å². The first-order valence-electron chi connectivity index (χ1n) is 11.2. The maximum absolute atomic E-state index is 13.1. The average Bonchev–Trinajstić information content (AvgIpc) is 2.83. The lowest BCUT2D eigenvalue weighted by Gasteiger charge is -2.32. The number of piperidine rings is 1. The number of fused-ring (bicyclic) bond motifs is 1. The molecule has 1 N–H and O–H groups in total. The highest BCUT2D eigenvalue weighted by Gasteiger charge is 2.28. The van der Waals surface area contributed by atoms with Crippen LogP contribution < -0.4 is 20.5 Å². The Hall–Kier alpha value is -3.42. The number of anilines is 1. The highest BCUT2D eigenvalue weighted by Crippen LogP contribution is 2.22. The van der Waals surface area contributed by atoms with Gasteiger partial charge in [0.1, 0.15) is 11.3 Å². The van der Waals surface area contributed by atoms with Crippen molar-refractivity contribution in [2.75, 3.05) is 24.6 Å². The maximum Gasteiger partial charge on any atom is 0.295 e. The molecule has 1 atom stereocenters. The number of aryl methyl sites for hydroxylation is 1. The molecule has 2 aromatic heterocycles. The largest absolute Gasteiger partial charge is 0.494 e. The Bertz CT molecular complexity index is 1160. The number of para-hydroxylation sites is 1. The number of hydrogen-bond donors (Lipinski definition) is 1. The number of carbonyl (C=O) groups is 1. The van der Waals surface area contributed by atoms with E-state index in [-0.39, 0.29) is 17.4 Å². The fourth-order valence-electron chi connectivity index (χ4n) is 4.22. The summed E-state index contributed by atoms with van der Waals surface area (Å²) < 4.78 is 7.29. The zero-order valence-corrected chi connectivity index (χ0v) is 18.6. The van der Waals surface area contributed by atoms with Crippen LogP contribution in [0.5, 0.6) is 5.75 Å². The van der Waals surface area contributed by atoms with Gasteiger partial charge in [0.2, 0.25) is 5.91 Å². The molecule has 1 fully saturated rings. The number of benzene rings is 1. The van der Waals surface area contributed by atoms with Gasteiger partial charge in [-0.2, -0.15) is 0 Å². The quantitative estimate of drug-likeness (QED) is 0.614. The number of ether oxygens (including phenoxy) is 1. The molecule has 3 heterocycles. The van der Waals surface area contributed by atoms with E-state index in [1.54, 1.807) is 10.8 Å². The second-order valence-electron chi connectivity index (χ2n) is 7.87. The first-order chi connectivity index (χ1) is 15.6. The monoisotopic (exact) mass is 435 g/mol. The highest BCUT2D eigenvalue weighted by atomic mass is 16.5. The van der Waals surface area contributed by atoms with E-state index in [0.29, 0.717) is 49.8 Å². The molecule has 1 amide bonds. The topological polar surface area (TPSA) is 89.3 Å². The molecule has 8 heteroatoms. The predicted molar refractivity (Wildman–Crippen MR) is 124 cm³/mol. The van der Waals surface area contributed by atoms with Crippen molar-refractivity contribution in [2.45, 2.75) is 39.8 Å². The number of rotatable bonds is 7. The van der Waals surface area contributed by atoms with Crippen LogP contribution in [-0.4, -0.2) is 40.1 Å². The second-order valence-corrected chi connectivity index (χ2v) is 7.87. The van der Waals surface area contributed by atoms with E-state index in [4.69, 9.17) is 4.74 Å². The summed E-state index contributed by atoms with van der Waals surface area (Å²) in [5.41, 5.74) is 2.06. The molecule has 3 aromatic rings. The molecule has 1 saturated heterocycles. The molecule has 0 aliphatic carbocycles. The number of hydrogen-bond acceptors (Lipinski definition) is 6. The number of amides is 1. The maximum atomic E-state index is 13.1. The van der Waals surface area contributed by atoms with Crippen LogP contribution in [0, 0.1) is 5.92 Å². The first kappa shape index (κ1) is 21.8. The van der Waals surface area contributed by atoms with Crippen LogP contribution in [0.15, 0.2) is 47.4 Å². The normalized spacial score (nSPS) is 16.2. The Morgan fingerprint density at radius 2 is 2.06 bits per heavy atom. The SMILES string of the molecule is CCOc1ccccc1CNC(=O)C1CCCN(c2nc3cccnc3n(CC)c2=O)C1. The minimum Gasteiger partial charge on any atom is -0.494 e. The summed E-state index contributed by atoms with van der Waals surface area (Å²) in [4.78, 5) is 36.9. The summed E-state index contributed by atoms with van der Waals surface area (Å²) in [7, 11) is 0. The number of carbonyl (C=O) groups excluding carboxylic acids is 1. The van der Waals surface area contributed by atoms with Gasteiger partial charge in [-0.25, -0.2) is 9.97 Å². The Labute approximate surface area is 187 Å². The van der Waals surface area contributed by atoms with E-state index in [1.165, 1.54) is 0 Å². The van der Waals surface area contributed by atoms with Gasteiger partial charge in [0.15, 0.2) is 11.5 Å². The lowest BCUT2D eigenvalue weighted by molar-refractivity contribution is -0.125. The molecular weight excluding hydrogens is 406 g/mol. The van der Waals surface area contributed by atoms with Gasteiger partial charge in [-0.1, -0.05) is 18.2 Å². The van der Waals surface area contributed by atoms with Crippen LogP contribution in [0.25, 0.3) is 11.2 Å². The molecule has 0 radical (unpaired) electrons. The highest BCUT2D eigenvalue weighted by molar-refractivity contribution is 5.80. The van der Waals surface area contributed by atoms with Crippen LogP contribution >= 0.6 is 0 Å². The van der Waals surface area contributed by atoms with Crippen molar-refractivity contribution in [2.24, 2.45) is 5.92 Å². The van der Waals surface area contributed by atoms with Crippen molar-refractivity contribution in [1.29, 1.82) is 0 Å². The predicted octanol–water partition coefficient (Wildman–Crippen LogP) is 2.74. The van der Waals surface area contributed by atoms with Gasteiger partial charge in [-0.05, 0) is 44.9 Å². The van der Waals surface area contributed by atoms with Crippen LogP contribution in [-0.2, 0) is 17.9 Å². The Morgan fingerprint density at radius 3 is 2.88 bits per heavy atom. The average molecular weight is 436 g/mol. The van der Waals surface area contributed by atoms with E-state index in [1.807, 2.05) is 55.1 Å². The molecule has 1 aliphatic rings. The Balaban J connectivity index is 1.50. The third kappa shape index (κ3) is 4.44. The third-order valence-electron chi connectivity index (χ3n) is 5.82. The molecular formula is C24H29N5O3. The molecule has 0 bridgehead atoms. The third-order valence-corrected chi connectivity index (χ3v) is 5.82. The van der Waals surface area contributed by atoms with Crippen LogP contribution in [0.1, 0.15) is 32.3 Å². The number of pyridine rings is 1. The van der Waals surface area contributed by atoms with Crippen LogP contribution in [0.4, 0.5) is 5.82 Å². The van der Waals surface area contributed by atoms with Crippen LogP contribution in [0.2, 0.25) is 0 Å². The van der Waals surface area contributed by atoms with Gasteiger partial charge in [0.05, 0.1) is 12.5 Å². The van der Waals surface area contributed by atoms with Crippen molar-refractivity contribution in [1.82, 2.24) is 19.9 Å². The van der Waals surface area contributed by atoms with E-state index >= 15 is 0 Å². The molecule has 0 spiro atoms. The molecule has 32 heavy (non-hydrogen) atoms. The molecule has 8 nitrogen and oxygen atoms in total. The summed E-state index contributed by atoms with van der Waals surface area (Å²) in [5.74, 6) is 0.962. The summed E-state index contributed by atoms with van der Waals surface area (Å²) in [5, 5.41) is 3.05. The van der Waals surface area contributed by atoms with E-state index in [2.05, 4.69) is 15.3 Å². The summed E-state index contributed by atoms with van der Waals surface area (Å²) in [6, 6.07) is 11.4. The van der Waals surface area contributed by atoms with Crippen molar-refractivity contribution in [3.8, 4) is 5.75 Å². The molecule has 168 valence electrons. The van der Waals surface area contributed by atoms with Crippen molar-refractivity contribution < 1.29 is 9.53 Å². The van der Waals surface area contributed by atoms with E-state index < -0.39 is 0 Å². The lowest BCUT2D eigenvalue weighted by Crippen LogP contribution is -2.45. The minimum absolute atomic E-state index is 0.0146. The standard InChI is InChI=1S/C24H29N5O3/c1-3-29-21-19(11-7-13-25-21)27-22(24(29)31)28-14-8-10-18(16-28)23(30)26-15-17-9-5-6-12-20(17)32-4-2/h5-7,9,11-13,18H,3-4,8,10,14-16H2,1-2H3,(H,26,30). The fraction of sp³-hybridized carbons (Fsp3) is 0.417. The lowest BCUT2D eigenvalue weighted by atomic mass is 9.97. The minimum atomic E-state index is -0.205. The van der Waals surface area contributed by atoms with Gasteiger partial charge in [0, 0.05) is 37.9 Å². The van der Waals surface area contributed by atoms with Gasteiger partial charge in [-0.15, -0.1) is 0 Å². The molecule has 1 unspecified atom stereocenters. The van der Waals surface area contributed by atoms with Crippen molar-refractivity contribution >= 4 is 22.9 Å². The van der Waals surface area contributed by atoms with E-state index in [0.717, 1.165) is 24.2 Å². The molecule has 1 aromatic carbocycles. The summed E-state index contributed by atoms with van der Waals surface area (Å²) in [6.07, 6.45) is 3.28. The second kappa shape index (κ2) is 9.80. The Kier molecular flexibility index (Phi) is 6.68. The smallest absolute Gasteiger partial charge is 0.295 e. The zero-order valence-electron chi connectivity index (χ0n) is 18.6. The van der Waals surface area contributed by atoms with Crippen molar-refractivity contribution in [3.05, 3.63) is 58.5 Å². The fourth-order valence-corrected chi connectivity index (χ4v) is 4.22. The van der Waals surface area contributed by atoms with Crippen molar-refractivity contribution in [3.63, 3.8) is 0 Å². The zero-order chi connectivity index (χ0) is 22.5. The number of aromatic nitrogens is 3. The molecule has 4 rings (SSSR count). The first-order valence-corrected chi connectivity index (χ1v) is 11.2. The number of nitrogens with one attached hydrogen (secondary N) is 1. The van der Waals surface area contributed by atoms with Crippen LogP contribution in [0.3, 0.4) is 0 Å². The van der Waals surface area contributed by atoms with Gasteiger partial charge < -0.3 is 15.0 Å².